The minimum atomic E-state index is -5.17. The standard InChI is InChI=1S/2C6H2FN4O4.H2O4S/c2*7-4-1-3(10(12)13)2-5(11(14)15)6(4)9-8;1-5(2,3)4/h2*1-2H;(H2,1,2,3,4)/q2*+1;/p-2. The molecule has 2 aromatic rings. The molecule has 0 amide bonds. The molecule has 35 heavy (non-hydrogen) atoms. The van der Waals surface area contributed by atoms with Crippen LogP contribution in [0.1, 0.15) is 0 Å². The predicted octanol–water partition coefficient (Wildman–Crippen LogP) is 2.92. The zero-order valence-corrected chi connectivity index (χ0v) is 16.8. The lowest BCUT2D eigenvalue weighted by Crippen LogP contribution is -1.94. The molecule has 0 heterocycles. The highest BCUT2D eigenvalue weighted by Crippen LogP contribution is 2.35. The first-order valence-electron chi connectivity index (χ1n) is 7.56. The van der Waals surface area contributed by atoms with Gasteiger partial charge in [-0.15, -0.1) is 0 Å². The van der Waals surface area contributed by atoms with Crippen LogP contribution in [0.25, 0.3) is 9.95 Å². The van der Waals surface area contributed by atoms with Gasteiger partial charge >= 0.3 is 22.7 Å². The van der Waals surface area contributed by atoms with Crippen molar-refractivity contribution in [2.45, 2.75) is 0 Å². The van der Waals surface area contributed by atoms with E-state index in [2.05, 4.69) is 9.95 Å². The fourth-order valence-electron chi connectivity index (χ4n) is 1.83. The van der Waals surface area contributed by atoms with E-state index in [9.17, 15) is 49.2 Å². The molecule has 0 N–H and O–H groups in total. The Hall–Kier alpha value is -5.39. The first-order chi connectivity index (χ1) is 15.9. The highest BCUT2D eigenvalue weighted by Gasteiger charge is 2.35. The summed E-state index contributed by atoms with van der Waals surface area (Å²) in [6.45, 7) is 0. The van der Waals surface area contributed by atoms with E-state index in [1.165, 1.54) is 0 Å². The van der Waals surface area contributed by atoms with Gasteiger partial charge in [0.1, 0.15) is 12.1 Å². The molecule has 0 radical (unpaired) electrons. The third-order valence-corrected chi connectivity index (χ3v) is 3.07. The second-order valence-electron chi connectivity index (χ2n) is 5.23. The molecule has 23 heteroatoms. The Kier molecular flexibility index (Phi) is 10.2. The number of nitrogens with zero attached hydrogens (tertiary/aromatic N) is 8. The van der Waals surface area contributed by atoms with Crippen LogP contribution in [0.2, 0.25) is 0 Å². The van der Waals surface area contributed by atoms with E-state index < -0.39 is 75.9 Å². The fourth-order valence-corrected chi connectivity index (χ4v) is 1.83. The van der Waals surface area contributed by atoms with Gasteiger partial charge in [0.05, 0.1) is 31.8 Å². The average Bonchev–Trinajstić information content (AvgIpc) is 2.71. The van der Waals surface area contributed by atoms with E-state index in [1.54, 1.807) is 0 Å². The Morgan fingerprint density at radius 3 is 1.09 bits per heavy atom. The van der Waals surface area contributed by atoms with Crippen LogP contribution in [-0.2, 0) is 10.4 Å². The van der Waals surface area contributed by atoms with Crippen LogP contribution in [-0.4, -0.2) is 37.2 Å². The summed E-state index contributed by atoms with van der Waals surface area (Å²) in [4.78, 5) is 41.8. The van der Waals surface area contributed by atoms with Crippen LogP contribution in [0, 0.1) is 62.9 Å². The van der Waals surface area contributed by atoms with Gasteiger partial charge in [-0.25, -0.2) is 0 Å². The minimum absolute atomic E-state index is 0.433. The van der Waals surface area contributed by atoms with Crippen LogP contribution in [0.3, 0.4) is 0 Å². The van der Waals surface area contributed by atoms with Crippen molar-refractivity contribution in [3.63, 3.8) is 0 Å². The number of hydrogen-bond acceptors (Lipinski definition) is 14. The van der Waals surface area contributed by atoms with Crippen LogP contribution in [0.15, 0.2) is 24.3 Å². The van der Waals surface area contributed by atoms with Crippen LogP contribution in [0.4, 0.5) is 42.9 Å². The molecule has 184 valence electrons. The number of rotatable bonds is 4. The number of hydrogen-bond donors (Lipinski definition) is 0. The number of nitro benzene ring substituents is 4. The molecule has 0 fully saturated rings. The van der Waals surface area contributed by atoms with Crippen molar-refractivity contribution in [2.75, 3.05) is 0 Å². The quantitative estimate of drug-likeness (QED) is 0.183. The molecule has 20 nitrogen and oxygen atoms in total. The van der Waals surface area contributed by atoms with Crippen LogP contribution < -0.4 is 0 Å². The third-order valence-electron chi connectivity index (χ3n) is 3.07. The van der Waals surface area contributed by atoms with E-state index in [-0.39, 0.29) is 0 Å². The molecular weight excluding hydrogens is 518 g/mol. The van der Waals surface area contributed by atoms with Gasteiger partial charge in [0, 0.05) is 10.4 Å². The number of benzene rings is 2. The maximum Gasteiger partial charge on any atom is 0.496 e. The number of nitro groups is 4. The van der Waals surface area contributed by atoms with Gasteiger partial charge in [-0.1, -0.05) is 0 Å². The Balaban J connectivity index is 0.000000555. The van der Waals surface area contributed by atoms with Gasteiger partial charge < -0.3 is 9.11 Å². The molecule has 0 bridgehead atoms. The van der Waals surface area contributed by atoms with E-state index in [1.807, 2.05) is 0 Å². The maximum atomic E-state index is 13.0. The van der Waals surface area contributed by atoms with Gasteiger partial charge in [-0.3, -0.25) is 48.9 Å². The molecule has 0 spiro atoms. The van der Waals surface area contributed by atoms with Gasteiger partial charge in [0.2, 0.25) is 22.4 Å². The summed E-state index contributed by atoms with van der Waals surface area (Å²) in [6, 6.07) is 1.89. The topological polar surface area (TPSA) is 309 Å². The minimum Gasteiger partial charge on any atom is -0.759 e. The summed E-state index contributed by atoms with van der Waals surface area (Å²) in [6.07, 6.45) is 0. The summed E-state index contributed by atoms with van der Waals surface area (Å²) < 4.78 is 60.0. The van der Waals surface area contributed by atoms with Gasteiger partial charge in [-0.05, 0) is 0 Å². The van der Waals surface area contributed by atoms with Crippen molar-refractivity contribution in [3.8, 4) is 0 Å². The van der Waals surface area contributed by atoms with E-state index in [0.29, 0.717) is 24.3 Å². The van der Waals surface area contributed by atoms with E-state index >= 15 is 0 Å². The molecular formula is C12H4F2N8O12S. The summed E-state index contributed by atoms with van der Waals surface area (Å²) >= 11 is 0. The summed E-state index contributed by atoms with van der Waals surface area (Å²) in [5.41, 5.74) is -5.39. The first kappa shape index (κ1) is 29.6. The smallest absolute Gasteiger partial charge is 0.496 e. The number of diazo groups is 2. The maximum absolute atomic E-state index is 13.0. The molecule has 0 aromatic heterocycles. The van der Waals surface area contributed by atoms with Crippen molar-refractivity contribution < 1.29 is 46.0 Å². The highest BCUT2D eigenvalue weighted by atomic mass is 32.3. The third kappa shape index (κ3) is 9.33. The van der Waals surface area contributed by atoms with Gasteiger partial charge in [-0.2, -0.15) is 8.78 Å². The van der Waals surface area contributed by atoms with Crippen molar-refractivity contribution in [2.24, 2.45) is 0 Å². The molecule has 0 unspecified atom stereocenters. The van der Waals surface area contributed by atoms with E-state index in [4.69, 9.17) is 28.3 Å². The Bertz CT molecular complexity index is 1300. The second-order valence-corrected chi connectivity index (χ2v) is 6.04. The van der Waals surface area contributed by atoms with Crippen LogP contribution in [0.5, 0.6) is 0 Å². The largest absolute Gasteiger partial charge is 0.759 e. The summed E-state index contributed by atoms with van der Waals surface area (Å²) in [5.74, 6) is -2.67. The predicted molar refractivity (Wildman–Crippen MR) is 99.4 cm³/mol. The lowest BCUT2D eigenvalue weighted by Gasteiger charge is -2.06. The highest BCUT2D eigenvalue weighted by molar-refractivity contribution is 7.79. The molecule has 0 saturated heterocycles. The zero-order chi connectivity index (χ0) is 27.7. The lowest BCUT2D eigenvalue weighted by molar-refractivity contribution is -0.394. The first-order valence-corrected chi connectivity index (χ1v) is 8.89. The molecule has 0 aliphatic carbocycles. The van der Waals surface area contributed by atoms with Crippen LogP contribution >= 0.6 is 0 Å². The Morgan fingerprint density at radius 2 is 0.914 bits per heavy atom. The van der Waals surface area contributed by atoms with Crippen molar-refractivity contribution >= 4 is 44.5 Å². The summed E-state index contributed by atoms with van der Waals surface area (Å²) in [5, 5.41) is 57.8. The fraction of sp³-hybridized carbons (Fsp3) is 0. The second kappa shape index (κ2) is 12.0. The molecule has 0 atom stereocenters. The number of halogens is 2. The zero-order valence-electron chi connectivity index (χ0n) is 16.0. The van der Waals surface area contributed by atoms with Crippen molar-refractivity contribution in [1.82, 2.24) is 0 Å². The van der Waals surface area contributed by atoms with Crippen molar-refractivity contribution in [3.05, 3.63) is 86.3 Å². The Labute approximate surface area is 188 Å². The molecule has 0 aliphatic heterocycles. The number of non-ortho nitro benzene ring substituents is 2. The average molecular weight is 522 g/mol. The molecule has 2 aromatic carbocycles. The monoisotopic (exact) mass is 522 g/mol. The summed E-state index contributed by atoms with van der Waals surface area (Å²) in [7, 11) is -5.17. The van der Waals surface area contributed by atoms with Gasteiger partial charge in [0.15, 0.2) is 9.95 Å². The van der Waals surface area contributed by atoms with Gasteiger partial charge in [0.25, 0.3) is 11.4 Å². The molecule has 0 saturated carbocycles. The molecule has 2 rings (SSSR count). The van der Waals surface area contributed by atoms with E-state index in [0.717, 1.165) is 0 Å². The SMILES string of the molecule is N#[N+]c1c(F)cc([N+](=O)[O-])cc1[N+](=O)[O-].N#[N+]c1c(F)cc([N+](=O)[O-])cc1[N+](=O)[O-].O=S(=O)([O-])[O-]. The Morgan fingerprint density at radius 1 is 0.657 bits per heavy atom. The lowest BCUT2D eigenvalue weighted by atomic mass is 10.2. The van der Waals surface area contributed by atoms with Crippen molar-refractivity contribution in [1.29, 1.82) is 10.8 Å². The molecule has 0 aliphatic rings. The normalized spacial score (nSPS) is 9.66.